The van der Waals surface area contributed by atoms with Crippen molar-refractivity contribution in [1.29, 1.82) is 0 Å². The zero-order valence-electron chi connectivity index (χ0n) is 38.1. The fourth-order valence-corrected chi connectivity index (χ4v) is 10.7. The van der Waals surface area contributed by atoms with Gasteiger partial charge in [0.15, 0.2) is 0 Å². The molecule has 1 fully saturated rings. The topological polar surface area (TPSA) is 176 Å². The first kappa shape index (κ1) is 47.8. The van der Waals surface area contributed by atoms with Gasteiger partial charge >= 0.3 is 30.1 Å². The number of nitrogens with one attached hydrogen (secondary N) is 2. The van der Waals surface area contributed by atoms with Crippen molar-refractivity contribution in [3.05, 3.63) is 34.9 Å². The fraction of sp³-hybridized carbons (Fsp3) is 0.761. The highest BCUT2D eigenvalue weighted by molar-refractivity contribution is 5.79. The van der Waals surface area contributed by atoms with Crippen LogP contribution in [-0.4, -0.2) is 83.9 Å². The van der Waals surface area contributed by atoms with E-state index in [2.05, 4.69) is 57.9 Å². The summed E-state index contributed by atoms with van der Waals surface area (Å²) in [7, 11) is 0. The van der Waals surface area contributed by atoms with E-state index in [9.17, 15) is 29.1 Å². The van der Waals surface area contributed by atoms with Crippen LogP contribution in [0.2, 0.25) is 0 Å². The van der Waals surface area contributed by atoms with E-state index in [1.165, 1.54) is 12.5 Å². The van der Waals surface area contributed by atoms with Crippen molar-refractivity contribution in [2.45, 2.75) is 171 Å². The van der Waals surface area contributed by atoms with E-state index in [-0.39, 0.29) is 24.2 Å². The number of rotatable bonds is 12. The molecule has 13 heteroatoms. The number of amides is 2. The van der Waals surface area contributed by atoms with E-state index in [1.807, 2.05) is 13.8 Å². The number of fused-ring (bicyclic) bond motifs is 4. The molecule has 0 saturated heterocycles. The SMILES string of the molecule is C=C(CC[C@@H](C)[C@H]1CC=C2C3=C([C@@H](O)[C@H](OC(C)=O)C21C)C1(C)C[C@@H](OC(=O)CNC(=O)OC(C)(C)C)[C@H](OC(=O)CNC(=O)OC(C)(C)C)C(C)(C)[C@@H]1CC3)C(C)C. The lowest BCUT2D eigenvalue weighted by atomic mass is 9.45. The van der Waals surface area contributed by atoms with Gasteiger partial charge in [-0.15, -0.1) is 0 Å². The summed E-state index contributed by atoms with van der Waals surface area (Å²) >= 11 is 0. The molecular formula is C46H72N2O11. The van der Waals surface area contributed by atoms with Crippen LogP contribution in [0.1, 0.15) is 135 Å². The first-order chi connectivity index (χ1) is 27.0. The van der Waals surface area contributed by atoms with Crippen molar-refractivity contribution in [3.63, 3.8) is 0 Å². The quantitative estimate of drug-likeness (QED) is 0.0991. The maximum atomic E-state index is 13.5. The number of alkyl carbamates (subject to hydrolysis) is 2. The van der Waals surface area contributed by atoms with Gasteiger partial charge in [0.2, 0.25) is 0 Å². The predicted molar refractivity (Wildman–Crippen MR) is 223 cm³/mol. The summed E-state index contributed by atoms with van der Waals surface area (Å²) in [5.74, 6) is -1.48. The highest BCUT2D eigenvalue weighted by Gasteiger charge is 2.66. The first-order valence-electron chi connectivity index (χ1n) is 21.3. The second-order valence-electron chi connectivity index (χ2n) is 20.6. The van der Waals surface area contributed by atoms with Gasteiger partial charge in [-0.05, 0) is 126 Å². The average Bonchev–Trinajstić information content (AvgIpc) is 3.44. The minimum atomic E-state index is -1.17. The molecule has 1 saturated carbocycles. The van der Waals surface area contributed by atoms with Gasteiger partial charge in [-0.3, -0.25) is 14.4 Å². The average molecular weight is 829 g/mol. The summed E-state index contributed by atoms with van der Waals surface area (Å²) in [4.78, 5) is 64.8. The molecule has 3 N–H and O–H groups in total. The molecule has 2 amide bonds. The third-order valence-electron chi connectivity index (χ3n) is 13.2. The molecule has 332 valence electrons. The van der Waals surface area contributed by atoms with Gasteiger partial charge in [-0.2, -0.15) is 0 Å². The molecule has 59 heavy (non-hydrogen) atoms. The number of carbonyl (C=O) groups excluding carboxylic acids is 5. The van der Waals surface area contributed by atoms with Crippen LogP contribution >= 0.6 is 0 Å². The second kappa shape index (κ2) is 17.6. The monoisotopic (exact) mass is 829 g/mol. The fourth-order valence-electron chi connectivity index (χ4n) is 10.7. The van der Waals surface area contributed by atoms with Gasteiger partial charge in [0, 0.05) is 17.8 Å². The zero-order chi connectivity index (χ0) is 44.6. The van der Waals surface area contributed by atoms with Crippen molar-refractivity contribution < 1.29 is 52.8 Å². The number of aliphatic hydroxyl groups is 1. The van der Waals surface area contributed by atoms with Gasteiger partial charge in [0.25, 0.3) is 0 Å². The highest BCUT2D eigenvalue weighted by atomic mass is 16.6. The number of ether oxygens (including phenoxy) is 5. The van der Waals surface area contributed by atoms with Gasteiger partial charge in [-0.1, -0.05) is 66.7 Å². The first-order valence-corrected chi connectivity index (χ1v) is 21.3. The lowest BCUT2D eigenvalue weighted by molar-refractivity contribution is -0.208. The third kappa shape index (κ3) is 10.5. The van der Waals surface area contributed by atoms with Crippen LogP contribution < -0.4 is 10.6 Å². The Kier molecular flexibility index (Phi) is 14.3. The van der Waals surface area contributed by atoms with E-state index in [0.717, 1.165) is 36.0 Å². The van der Waals surface area contributed by atoms with Crippen LogP contribution in [0.3, 0.4) is 0 Å². The van der Waals surface area contributed by atoms with E-state index in [0.29, 0.717) is 18.8 Å². The number of hydrogen-bond acceptors (Lipinski definition) is 11. The molecule has 9 atom stereocenters. The summed E-state index contributed by atoms with van der Waals surface area (Å²) in [5, 5.41) is 17.6. The Balaban J connectivity index is 1.73. The molecule has 0 aromatic carbocycles. The number of aliphatic hydroxyl groups excluding tert-OH is 1. The Morgan fingerprint density at radius 3 is 1.92 bits per heavy atom. The number of allylic oxidation sites excluding steroid dienone is 3. The summed E-state index contributed by atoms with van der Waals surface area (Å²) in [6.07, 6.45) is 0.692. The van der Waals surface area contributed by atoms with Crippen LogP contribution in [0, 0.1) is 39.9 Å². The zero-order valence-corrected chi connectivity index (χ0v) is 38.1. The van der Waals surface area contributed by atoms with Crippen molar-refractivity contribution in [2.75, 3.05) is 13.1 Å². The normalized spacial score (nSPS) is 30.4. The summed E-state index contributed by atoms with van der Waals surface area (Å²) < 4.78 is 29.1. The minimum Gasteiger partial charge on any atom is -0.458 e. The second-order valence-corrected chi connectivity index (χ2v) is 20.6. The Labute approximate surface area is 351 Å². The molecule has 0 heterocycles. The lowest BCUT2D eigenvalue weighted by Crippen LogP contribution is -2.64. The van der Waals surface area contributed by atoms with Crippen molar-refractivity contribution >= 4 is 30.1 Å². The van der Waals surface area contributed by atoms with Crippen LogP contribution in [0.4, 0.5) is 9.59 Å². The summed E-state index contributed by atoms with van der Waals surface area (Å²) in [5.41, 5.74) is 0.189. The van der Waals surface area contributed by atoms with Crippen molar-refractivity contribution in [1.82, 2.24) is 10.6 Å². The predicted octanol–water partition coefficient (Wildman–Crippen LogP) is 7.89. The molecule has 4 aliphatic rings. The van der Waals surface area contributed by atoms with Crippen LogP contribution in [0.5, 0.6) is 0 Å². The molecule has 0 bridgehead atoms. The van der Waals surface area contributed by atoms with E-state index in [4.69, 9.17) is 23.7 Å². The van der Waals surface area contributed by atoms with Crippen molar-refractivity contribution in [2.24, 2.45) is 39.9 Å². The van der Waals surface area contributed by atoms with Crippen LogP contribution in [0.15, 0.2) is 34.9 Å². The van der Waals surface area contributed by atoms with E-state index >= 15 is 0 Å². The molecule has 13 nitrogen and oxygen atoms in total. The maximum absolute atomic E-state index is 13.5. The number of esters is 3. The van der Waals surface area contributed by atoms with Crippen LogP contribution in [0.25, 0.3) is 0 Å². The van der Waals surface area contributed by atoms with Gasteiger partial charge in [-0.25, -0.2) is 9.59 Å². The van der Waals surface area contributed by atoms with Gasteiger partial charge in [0.1, 0.15) is 48.7 Å². The Morgan fingerprint density at radius 2 is 1.41 bits per heavy atom. The molecule has 4 rings (SSSR count). The lowest BCUT2D eigenvalue weighted by Gasteiger charge is -2.62. The molecule has 2 unspecified atom stereocenters. The van der Waals surface area contributed by atoms with Crippen molar-refractivity contribution in [3.8, 4) is 0 Å². The molecule has 0 aromatic heterocycles. The smallest absolute Gasteiger partial charge is 0.408 e. The Hall–Kier alpha value is -3.87. The summed E-state index contributed by atoms with van der Waals surface area (Å²) in [6.45, 7) is 29.6. The van der Waals surface area contributed by atoms with E-state index < -0.39 is 95.0 Å². The Bertz CT molecular complexity index is 1710. The maximum Gasteiger partial charge on any atom is 0.408 e. The largest absolute Gasteiger partial charge is 0.458 e. The number of carbonyl (C=O) groups is 5. The molecule has 0 aliphatic heterocycles. The highest BCUT2D eigenvalue weighted by Crippen LogP contribution is 2.67. The molecule has 0 spiro atoms. The van der Waals surface area contributed by atoms with Crippen LogP contribution in [-0.2, 0) is 38.1 Å². The molecule has 0 aromatic rings. The third-order valence-corrected chi connectivity index (χ3v) is 13.2. The molecule has 4 aliphatic carbocycles. The standard InChI is InChI=1S/C46H72N2O11/c1-25(2)26(3)16-17-27(4)30-19-20-31-29-18-21-33-44(12,13)38(57-35(51)24-48-41(54)59-43(9,10)11)32(56-34(50)23-47-40(53)58-42(6,7)8)22-45(33,14)36(29)37(52)39(46(30,31)15)55-28(5)49/h20,25,27,30,32-33,37-39,52H,3,16-19,21-24H2,1-2,4-15H3,(H,47,53)(H,48,54)/t27-,30-,32-,33+,37-,38+,39+,45?,46?/m1/s1. The molecule has 0 radical (unpaired) electrons. The molecular weight excluding hydrogens is 757 g/mol. The Morgan fingerprint density at radius 1 is 0.864 bits per heavy atom. The minimum absolute atomic E-state index is 0.100. The van der Waals surface area contributed by atoms with Gasteiger partial charge < -0.3 is 39.4 Å². The number of hydrogen-bond donors (Lipinski definition) is 3. The van der Waals surface area contributed by atoms with Gasteiger partial charge in [0.05, 0.1) is 0 Å². The summed E-state index contributed by atoms with van der Waals surface area (Å²) in [6, 6.07) is 0. The van der Waals surface area contributed by atoms with E-state index in [1.54, 1.807) is 41.5 Å².